The molecule has 2 aromatic rings. The number of benzene rings is 1. The molecule has 8 nitrogen and oxygen atoms in total. The predicted molar refractivity (Wildman–Crippen MR) is 98.6 cm³/mol. The van der Waals surface area contributed by atoms with Gasteiger partial charge in [0.1, 0.15) is 12.1 Å². The fourth-order valence-corrected chi connectivity index (χ4v) is 3.02. The van der Waals surface area contributed by atoms with Gasteiger partial charge in [0, 0.05) is 25.5 Å². The first-order valence-electron chi connectivity index (χ1n) is 8.85. The lowest BCUT2D eigenvalue weighted by molar-refractivity contribution is -0.134. The minimum Gasteiger partial charge on any atom is -0.354 e. The van der Waals surface area contributed by atoms with Gasteiger partial charge in [0.2, 0.25) is 5.91 Å². The van der Waals surface area contributed by atoms with Gasteiger partial charge in [0.05, 0.1) is 0 Å². The summed E-state index contributed by atoms with van der Waals surface area (Å²) in [7, 11) is 0. The molecule has 2 N–H and O–H groups in total. The highest BCUT2D eigenvalue weighted by Gasteiger charge is 2.49. The molecule has 1 aromatic heterocycles. The highest BCUT2D eigenvalue weighted by Crippen LogP contribution is 2.28. The van der Waals surface area contributed by atoms with Crippen LogP contribution in [-0.2, 0) is 21.7 Å². The average molecular weight is 369 g/mol. The van der Waals surface area contributed by atoms with Crippen molar-refractivity contribution >= 4 is 17.8 Å². The van der Waals surface area contributed by atoms with Gasteiger partial charge in [-0.15, -0.1) is 0 Å². The predicted octanol–water partition coefficient (Wildman–Crippen LogP) is 1.17. The summed E-state index contributed by atoms with van der Waals surface area (Å²) < 4.78 is 1.77. The Morgan fingerprint density at radius 3 is 2.67 bits per heavy atom. The van der Waals surface area contributed by atoms with Gasteiger partial charge >= 0.3 is 6.03 Å². The molecule has 1 aliphatic heterocycles. The van der Waals surface area contributed by atoms with E-state index in [9.17, 15) is 14.4 Å². The van der Waals surface area contributed by atoms with Crippen LogP contribution in [0.2, 0.25) is 0 Å². The quantitative estimate of drug-likeness (QED) is 0.565. The lowest BCUT2D eigenvalue weighted by atomic mass is 9.91. The Balaban J connectivity index is 1.55. The molecule has 3 rings (SSSR count). The van der Waals surface area contributed by atoms with E-state index in [4.69, 9.17) is 0 Å². The third-order valence-corrected chi connectivity index (χ3v) is 4.65. The maximum absolute atomic E-state index is 12.8. The number of urea groups is 1. The number of aromatic nitrogens is 2. The zero-order chi connectivity index (χ0) is 19.4. The number of imide groups is 1. The second kappa shape index (κ2) is 7.61. The number of nitrogens with zero attached hydrogens (tertiary/aromatic N) is 3. The maximum Gasteiger partial charge on any atom is 0.325 e. The molecule has 1 fully saturated rings. The van der Waals surface area contributed by atoms with E-state index < -0.39 is 17.5 Å². The maximum atomic E-state index is 12.8. The van der Waals surface area contributed by atoms with Crippen LogP contribution >= 0.6 is 0 Å². The average Bonchev–Trinajstić information content (AvgIpc) is 3.23. The Kier molecular flexibility index (Phi) is 5.25. The van der Waals surface area contributed by atoms with Gasteiger partial charge < -0.3 is 10.6 Å². The van der Waals surface area contributed by atoms with Gasteiger partial charge in [-0.2, -0.15) is 5.10 Å². The van der Waals surface area contributed by atoms with Crippen molar-refractivity contribution in [3.05, 3.63) is 53.9 Å². The van der Waals surface area contributed by atoms with Crippen LogP contribution in [0.25, 0.3) is 0 Å². The van der Waals surface area contributed by atoms with Gasteiger partial charge in [-0.25, -0.2) is 4.79 Å². The van der Waals surface area contributed by atoms with Gasteiger partial charge in [-0.3, -0.25) is 19.2 Å². The molecule has 0 bridgehead atoms. The van der Waals surface area contributed by atoms with Crippen LogP contribution in [0.4, 0.5) is 4.79 Å². The number of hydrogen-bond donors (Lipinski definition) is 2. The smallest absolute Gasteiger partial charge is 0.325 e. The van der Waals surface area contributed by atoms with E-state index in [2.05, 4.69) is 15.7 Å². The molecule has 2 heterocycles. The molecule has 0 spiro atoms. The molecule has 0 saturated carbocycles. The van der Waals surface area contributed by atoms with Crippen molar-refractivity contribution in [2.24, 2.45) is 0 Å². The highest BCUT2D eigenvalue weighted by molar-refractivity contribution is 6.09. The van der Waals surface area contributed by atoms with Crippen LogP contribution in [0.15, 0.2) is 42.7 Å². The summed E-state index contributed by atoms with van der Waals surface area (Å²) in [4.78, 5) is 38.2. The van der Waals surface area contributed by atoms with Gasteiger partial charge in [-0.1, -0.05) is 29.8 Å². The molecule has 0 aliphatic carbocycles. The molecular weight excluding hydrogens is 346 g/mol. The number of carbonyl (C=O) groups is 3. The van der Waals surface area contributed by atoms with Crippen molar-refractivity contribution in [3.8, 4) is 0 Å². The van der Waals surface area contributed by atoms with Crippen LogP contribution in [-0.4, -0.2) is 45.6 Å². The summed E-state index contributed by atoms with van der Waals surface area (Å²) in [6, 6.07) is 8.67. The minimum absolute atomic E-state index is 0.298. The SMILES string of the molecule is Cc1ccc(C2(C)NC(=O)N(CC(=O)NCCCn3cccn3)C2=O)cc1. The first kappa shape index (κ1) is 18.6. The number of hydrogen-bond acceptors (Lipinski definition) is 4. The number of amides is 4. The molecule has 1 atom stereocenters. The molecule has 8 heteroatoms. The van der Waals surface area contributed by atoms with Gasteiger partial charge in [0.15, 0.2) is 0 Å². The zero-order valence-corrected chi connectivity index (χ0v) is 15.4. The van der Waals surface area contributed by atoms with Crippen LogP contribution in [0, 0.1) is 6.92 Å². The van der Waals surface area contributed by atoms with E-state index in [1.54, 1.807) is 17.8 Å². The topological polar surface area (TPSA) is 96.3 Å². The number of aryl methyl sites for hydroxylation is 2. The second-order valence-corrected chi connectivity index (χ2v) is 6.79. The monoisotopic (exact) mass is 369 g/mol. The Hall–Kier alpha value is -3.16. The molecule has 1 saturated heterocycles. The summed E-state index contributed by atoms with van der Waals surface area (Å²) in [6.45, 7) is 4.43. The lowest BCUT2D eigenvalue weighted by Gasteiger charge is -2.22. The molecule has 27 heavy (non-hydrogen) atoms. The fourth-order valence-electron chi connectivity index (χ4n) is 3.02. The first-order chi connectivity index (χ1) is 12.9. The molecule has 1 aromatic carbocycles. The Bertz CT molecular complexity index is 832. The Morgan fingerprint density at radius 2 is 2.00 bits per heavy atom. The van der Waals surface area contributed by atoms with Crippen LogP contribution in [0.3, 0.4) is 0 Å². The normalized spacial score (nSPS) is 19.3. The molecule has 142 valence electrons. The van der Waals surface area contributed by atoms with Crippen LogP contribution < -0.4 is 10.6 Å². The zero-order valence-electron chi connectivity index (χ0n) is 15.4. The molecule has 0 radical (unpaired) electrons. The summed E-state index contributed by atoms with van der Waals surface area (Å²) >= 11 is 0. The number of carbonyl (C=O) groups excluding carboxylic acids is 3. The standard InChI is InChI=1S/C19H23N5O3/c1-14-5-7-15(8-6-14)19(2)17(26)24(18(27)22-19)13-16(25)20-9-3-11-23-12-4-10-21-23/h4-8,10,12H,3,9,11,13H2,1-2H3,(H,20,25)(H,22,27). The third-order valence-electron chi connectivity index (χ3n) is 4.65. The minimum atomic E-state index is -1.16. The van der Waals surface area contributed by atoms with Crippen molar-refractivity contribution < 1.29 is 14.4 Å². The Labute approximate surface area is 157 Å². The molecule has 1 aliphatic rings. The lowest BCUT2D eigenvalue weighted by Crippen LogP contribution is -2.43. The molecule has 4 amide bonds. The van der Waals surface area contributed by atoms with Crippen molar-refractivity contribution in [1.29, 1.82) is 0 Å². The number of rotatable bonds is 7. The van der Waals surface area contributed by atoms with E-state index >= 15 is 0 Å². The Morgan fingerprint density at radius 1 is 1.26 bits per heavy atom. The van der Waals surface area contributed by atoms with Crippen molar-refractivity contribution in [3.63, 3.8) is 0 Å². The van der Waals surface area contributed by atoms with Gasteiger partial charge in [0.25, 0.3) is 5.91 Å². The summed E-state index contributed by atoms with van der Waals surface area (Å²) in [6.07, 6.45) is 4.25. The van der Waals surface area contributed by atoms with E-state index in [1.807, 2.05) is 43.5 Å². The van der Waals surface area contributed by atoms with Crippen molar-refractivity contribution in [2.75, 3.05) is 13.1 Å². The largest absolute Gasteiger partial charge is 0.354 e. The van der Waals surface area contributed by atoms with E-state index in [0.29, 0.717) is 25.1 Å². The summed E-state index contributed by atoms with van der Waals surface area (Å²) in [5.74, 6) is -0.796. The highest BCUT2D eigenvalue weighted by atomic mass is 16.2. The molecular formula is C19H23N5O3. The second-order valence-electron chi connectivity index (χ2n) is 6.79. The first-order valence-corrected chi connectivity index (χ1v) is 8.85. The van der Waals surface area contributed by atoms with Crippen molar-refractivity contribution in [1.82, 2.24) is 25.3 Å². The van der Waals surface area contributed by atoms with E-state index in [1.165, 1.54) is 0 Å². The summed E-state index contributed by atoms with van der Waals surface area (Å²) in [5.41, 5.74) is 0.588. The summed E-state index contributed by atoms with van der Waals surface area (Å²) in [5, 5.41) is 9.52. The van der Waals surface area contributed by atoms with Gasteiger partial charge in [-0.05, 0) is 31.9 Å². The van der Waals surface area contributed by atoms with E-state index in [0.717, 1.165) is 10.5 Å². The number of nitrogens with one attached hydrogen (secondary N) is 2. The van der Waals surface area contributed by atoms with Crippen LogP contribution in [0.5, 0.6) is 0 Å². The van der Waals surface area contributed by atoms with Crippen molar-refractivity contribution in [2.45, 2.75) is 32.4 Å². The fraction of sp³-hybridized carbons (Fsp3) is 0.368. The molecule has 1 unspecified atom stereocenters. The third kappa shape index (κ3) is 3.99. The van der Waals surface area contributed by atoms with Crippen LogP contribution in [0.1, 0.15) is 24.5 Å². The van der Waals surface area contributed by atoms with E-state index in [-0.39, 0.29) is 12.5 Å².